The second-order valence-electron chi connectivity index (χ2n) is 4.52. The summed E-state index contributed by atoms with van der Waals surface area (Å²) in [6.07, 6.45) is -4.96. The van der Waals surface area contributed by atoms with E-state index in [9.17, 15) is 22.5 Å². The molecule has 1 unspecified atom stereocenters. The first kappa shape index (κ1) is 17.2. The molecule has 122 valence electrons. The molecule has 0 aliphatic rings. The normalized spacial score (nSPS) is 12.7. The summed E-state index contributed by atoms with van der Waals surface area (Å²) in [4.78, 5) is 11.0. The van der Waals surface area contributed by atoms with Crippen molar-refractivity contribution in [1.82, 2.24) is 0 Å². The molecule has 1 atom stereocenters. The number of aromatic carboxylic acids is 1. The van der Waals surface area contributed by atoms with E-state index >= 15 is 0 Å². The average molecular weight is 344 g/mol. The van der Waals surface area contributed by atoms with Gasteiger partial charge in [0.25, 0.3) is 0 Å². The Morgan fingerprint density at radius 3 is 2.39 bits per heavy atom. The number of carbonyl (C=O) groups is 1. The number of hydrogen-bond acceptors (Lipinski definition) is 3. The number of carboxylic acids is 1. The second kappa shape index (κ2) is 6.93. The van der Waals surface area contributed by atoms with Crippen LogP contribution in [0.25, 0.3) is 0 Å². The van der Waals surface area contributed by atoms with Crippen LogP contribution in [0.2, 0.25) is 0 Å². The maximum absolute atomic E-state index is 12.3. The van der Waals surface area contributed by atoms with Crippen molar-refractivity contribution in [2.45, 2.75) is 17.0 Å². The summed E-state index contributed by atoms with van der Waals surface area (Å²) >= 11 is -1.71. The van der Waals surface area contributed by atoms with Gasteiger partial charge >= 0.3 is 12.3 Å². The van der Waals surface area contributed by atoms with Crippen LogP contribution in [0.5, 0.6) is 5.75 Å². The van der Waals surface area contributed by atoms with Gasteiger partial charge in [-0.25, -0.2) is 4.79 Å². The molecule has 0 spiro atoms. The number of ether oxygens (including phenoxy) is 1. The number of alkyl halides is 3. The molecule has 2 rings (SSSR count). The van der Waals surface area contributed by atoms with Crippen LogP contribution < -0.4 is 4.74 Å². The van der Waals surface area contributed by atoms with Crippen molar-refractivity contribution in [2.75, 3.05) is 0 Å². The third-order valence-corrected chi connectivity index (χ3v) is 4.12. The molecule has 0 radical (unpaired) electrons. The predicted octanol–water partition coefficient (Wildman–Crippen LogP) is 3.59. The summed E-state index contributed by atoms with van der Waals surface area (Å²) in [5.41, 5.74) is 0.285. The Labute approximate surface area is 132 Å². The molecule has 2 aromatic carbocycles. The lowest BCUT2D eigenvalue weighted by Gasteiger charge is -2.14. The van der Waals surface area contributed by atoms with Crippen molar-refractivity contribution in [1.29, 1.82) is 0 Å². The summed E-state index contributed by atoms with van der Waals surface area (Å²) in [7, 11) is 0. The van der Waals surface area contributed by atoms with Crippen molar-refractivity contribution in [3.8, 4) is 5.75 Å². The fourth-order valence-corrected chi connectivity index (χ4v) is 3.00. The van der Waals surface area contributed by atoms with Crippen molar-refractivity contribution < 1.29 is 32.4 Å². The van der Waals surface area contributed by atoms with E-state index in [0.29, 0.717) is 5.56 Å². The topological polar surface area (TPSA) is 69.6 Å². The van der Waals surface area contributed by atoms with Gasteiger partial charge in [-0.15, -0.1) is 13.2 Å². The van der Waals surface area contributed by atoms with Crippen LogP contribution in [0.1, 0.15) is 15.9 Å². The van der Waals surface area contributed by atoms with Gasteiger partial charge in [-0.2, -0.15) is 0 Å². The van der Waals surface area contributed by atoms with Gasteiger partial charge in [0, 0.05) is 17.7 Å². The summed E-state index contributed by atoms with van der Waals surface area (Å²) in [5, 5.41) is 8.97. The molecule has 2 aromatic rings. The lowest BCUT2D eigenvalue weighted by molar-refractivity contribution is -0.274. The largest absolute Gasteiger partial charge is 0.611 e. The number of benzene rings is 2. The van der Waals surface area contributed by atoms with Gasteiger partial charge < -0.3 is 14.4 Å². The van der Waals surface area contributed by atoms with Gasteiger partial charge in [0.15, 0.2) is 4.90 Å². The quantitative estimate of drug-likeness (QED) is 0.842. The Hall–Kier alpha value is -2.19. The minimum absolute atomic E-state index is 0.0481. The van der Waals surface area contributed by atoms with Gasteiger partial charge in [-0.1, -0.05) is 30.3 Å². The number of carboxylic acid groups (broad SMARTS) is 1. The molecule has 0 amide bonds. The molecule has 0 bridgehead atoms. The van der Waals surface area contributed by atoms with Crippen molar-refractivity contribution in [2.24, 2.45) is 0 Å². The minimum Gasteiger partial charge on any atom is -0.611 e. The minimum atomic E-state index is -4.96. The highest BCUT2D eigenvalue weighted by Gasteiger charge is 2.32. The van der Waals surface area contributed by atoms with Crippen LogP contribution in [0.3, 0.4) is 0 Å². The monoisotopic (exact) mass is 344 g/mol. The fourth-order valence-electron chi connectivity index (χ4n) is 1.83. The van der Waals surface area contributed by atoms with E-state index in [0.717, 1.165) is 18.2 Å². The van der Waals surface area contributed by atoms with Crippen LogP contribution in [0.4, 0.5) is 13.2 Å². The standard InChI is InChI=1S/C15H11F3O4S/c16-15(17,18)22-12-6-11(14(19)20)7-13(8-12)23(21)9-10-4-2-1-3-5-10/h1-8H,9H2,(H,19,20). The Morgan fingerprint density at radius 2 is 1.83 bits per heavy atom. The van der Waals surface area contributed by atoms with E-state index < -0.39 is 34.8 Å². The Kier molecular flexibility index (Phi) is 5.17. The smallest absolute Gasteiger partial charge is 0.573 e. The highest BCUT2D eigenvalue weighted by molar-refractivity contribution is 7.90. The van der Waals surface area contributed by atoms with Crippen LogP contribution >= 0.6 is 0 Å². The number of hydrogen-bond donors (Lipinski definition) is 1. The first-order valence-electron chi connectivity index (χ1n) is 6.31. The van der Waals surface area contributed by atoms with Gasteiger partial charge in [0.05, 0.1) is 5.56 Å². The van der Waals surface area contributed by atoms with E-state index in [-0.39, 0.29) is 10.6 Å². The lowest BCUT2D eigenvalue weighted by atomic mass is 10.2. The first-order valence-corrected chi connectivity index (χ1v) is 7.63. The van der Waals surface area contributed by atoms with Crippen LogP contribution in [-0.2, 0) is 16.9 Å². The average Bonchev–Trinajstić information content (AvgIpc) is 2.46. The third kappa shape index (κ3) is 5.19. The molecule has 4 nitrogen and oxygen atoms in total. The number of rotatable bonds is 5. The molecular formula is C15H11F3O4S. The van der Waals surface area contributed by atoms with Crippen molar-refractivity contribution in [3.63, 3.8) is 0 Å². The molecule has 1 N–H and O–H groups in total. The van der Waals surface area contributed by atoms with E-state index in [1.54, 1.807) is 30.3 Å². The summed E-state index contributed by atoms with van der Waals surface area (Å²) in [6.45, 7) is 0. The van der Waals surface area contributed by atoms with Crippen LogP contribution in [-0.4, -0.2) is 22.0 Å². The van der Waals surface area contributed by atoms with Crippen molar-refractivity contribution >= 4 is 17.1 Å². The molecule has 23 heavy (non-hydrogen) atoms. The third-order valence-electron chi connectivity index (χ3n) is 2.76. The molecule has 0 heterocycles. The highest BCUT2D eigenvalue weighted by Crippen LogP contribution is 2.28. The lowest BCUT2D eigenvalue weighted by Crippen LogP contribution is -2.18. The first-order chi connectivity index (χ1) is 10.7. The van der Waals surface area contributed by atoms with E-state index in [2.05, 4.69) is 4.74 Å². The predicted molar refractivity (Wildman–Crippen MR) is 76.6 cm³/mol. The van der Waals surface area contributed by atoms with Gasteiger partial charge in [-0.3, -0.25) is 0 Å². The van der Waals surface area contributed by atoms with Crippen LogP contribution in [0.15, 0.2) is 53.4 Å². The second-order valence-corrected chi connectivity index (χ2v) is 5.97. The van der Waals surface area contributed by atoms with Gasteiger partial charge in [0.2, 0.25) is 0 Å². The summed E-state index contributed by atoms with van der Waals surface area (Å²) < 4.78 is 52.9. The zero-order valence-electron chi connectivity index (χ0n) is 11.5. The zero-order valence-corrected chi connectivity index (χ0v) is 12.4. The SMILES string of the molecule is O=C(O)c1cc(OC(F)(F)F)cc([S+]([O-])Cc2ccccc2)c1. The zero-order chi connectivity index (χ0) is 17.0. The Bertz CT molecular complexity index is 689. The maximum atomic E-state index is 12.3. The molecule has 8 heteroatoms. The molecule has 0 aliphatic carbocycles. The summed E-state index contributed by atoms with van der Waals surface area (Å²) in [6, 6.07) is 11.4. The molecule has 0 aromatic heterocycles. The highest BCUT2D eigenvalue weighted by atomic mass is 32.2. The summed E-state index contributed by atoms with van der Waals surface area (Å²) in [5.74, 6) is -2.10. The van der Waals surface area contributed by atoms with E-state index in [4.69, 9.17) is 5.11 Å². The van der Waals surface area contributed by atoms with E-state index in [1.807, 2.05) is 0 Å². The molecule has 0 saturated heterocycles. The van der Waals surface area contributed by atoms with Gasteiger partial charge in [-0.05, 0) is 17.2 Å². The van der Waals surface area contributed by atoms with Crippen molar-refractivity contribution in [3.05, 3.63) is 59.7 Å². The fraction of sp³-hybridized carbons (Fsp3) is 0.133. The Morgan fingerprint density at radius 1 is 1.17 bits per heavy atom. The molecule has 0 fully saturated rings. The Balaban J connectivity index is 2.30. The molecular weight excluding hydrogens is 333 g/mol. The maximum Gasteiger partial charge on any atom is 0.573 e. The van der Waals surface area contributed by atoms with Crippen LogP contribution in [0, 0.1) is 0 Å². The molecule has 0 aliphatic heterocycles. The number of halogens is 3. The molecule has 0 saturated carbocycles. The van der Waals surface area contributed by atoms with E-state index in [1.165, 1.54) is 0 Å². The van der Waals surface area contributed by atoms with Gasteiger partial charge in [0.1, 0.15) is 11.5 Å².